The summed E-state index contributed by atoms with van der Waals surface area (Å²) >= 11 is 0. The lowest BCUT2D eigenvalue weighted by Gasteiger charge is -2.34. The van der Waals surface area contributed by atoms with Crippen molar-refractivity contribution in [1.82, 2.24) is 9.80 Å². The van der Waals surface area contributed by atoms with Crippen molar-refractivity contribution in [3.8, 4) is 0 Å². The summed E-state index contributed by atoms with van der Waals surface area (Å²) in [5, 5.41) is 0. The maximum absolute atomic E-state index is 12.3. The largest absolute Gasteiger partial charge is 0.335 e. The number of nitrogens with zero attached hydrogens (tertiary/aromatic N) is 2. The summed E-state index contributed by atoms with van der Waals surface area (Å²) in [4.78, 5) is 14.5. The first kappa shape index (κ1) is 13.0. The molecule has 2 rings (SSSR count). The van der Waals surface area contributed by atoms with Crippen LogP contribution >= 0.6 is 0 Å². The van der Waals surface area contributed by atoms with Gasteiger partial charge in [-0.25, -0.2) is 0 Å². The van der Waals surface area contributed by atoms with Crippen molar-refractivity contribution in [2.24, 2.45) is 0 Å². The Morgan fingerprint density at radius 3 is 2.28 bits per heavy atom. The molecule has 1 aromatic carbocycles. The van der Waals surface area contributed by atoms with Crippen molar-refractivity contribution in [3.05, 3.63) is 35.9 Å². The molecule has 1 saturated heterocycles. The normalized spacial score (nSPS) is 17.2. The van der Waals surface area contributed by atoms with Crippen LogP contribution in [0.4, 0.5) is 8.78 Å². The molecule has 1 fully saturated rings. The topological polar surface area (TPSA) is 23.6 Å². The van der Waals surface area contributed by atoms with E-state index in [1.54, 1.807) is 0 Å². The molecule has 0 aromatic heterocycles. The van der Waals surface area contributed by atoms with Crippen LogP contribution in [-0.4, -0.2) is 48.3 Å². The highest BCUT2D eigenvalue weighted by Gasteiger charge is 2.26. The maximum Gasteiger partial charge on any atom is 0.315 e. The first-order valence-electron chi connectivity index (χ1n) is 6.00. The van der Waals surface area contributed by atoms with Crippen molar-refractivity contribution in [2.75, 3.05) is 26.2 Å². The standard InChI is InChI=1S/C13H16F2N2O/c14-12(15)13(18)17-8-6-16(7-9-17)10-11-4-2-1-3-5-11/h1-5,12H,6-10H2. The molecule has 0 radical (unpaired) electrons. The summed E-state index contributed by atoms with van der Waals surface area (Å²) in [6.07, 6.45) is -2.88. The van der Waals surface area contributed by atoms with Gasteiger partial charge in [-0.2, -0.15) is 8.78 Å². The van der Waals surface area contributed by atoms with Crippen LogP contribution in [0.1, 0.15) is 5.56 Å². The highest BCUT2D eigenvalue weighted by Crippen LogP contribution is 2.10. The van der Waals surface area contributed by atoms with Crippen LogP contribution in [0.2, 0.25) is 0 Å². The molecule has 0 atom stereocenters. The van der Waals surface area contributed by atoms with E-state index < -0.39 is 12.3 Å². The lowest BCUT2D eigenvalue weighted by atomic mass is 10.2. The average molecular weight is 254 g/mol. The number of hydrogen-bond donors (Lipinski definition) is 0. The molecule has 98 valence electrons. The molecule has 1 aliphatic rings. The second-order valence-corrected chi connectivity index (χ2v) is 4.39. The molecule has 3 nitrogen and oxygen atoms in total. The molecule has 18 heavy (non-hydrogen) atoms. The molecule has 0 aliphatic carbocycles. The Morgan fingerprint density at radius 1 is 1.11 bits per heavy atom. The number of carbonyl (C=O) groups is 1. The second-order valence-electron chi connectivity index (χ2n) is 4.39. The number of amides is 1. The smallest absolute Gasteiger partial charge is 0.315 e. The van der Waals surface area contributed by atoms with E-state index in [0.717, 1.165) is 6.54 Å². The summed E-state index contributed by atoms with van der Waals surface area (Å²) in [5.74, 6) is -1.05. The lowest BCUT2D eigenvalue weighted by molar-refractivity contribution is -0.144. The molecule has 0 N–H and O–H groups in total. The number of rotatable bonds is 3. The Morgan fingerprint density at radius 2 is 1.72 bits per heavy atom. The Hall–Kier alpha value is -1.49. The predicted molar refractivity (Wildman–Crippen MR) is 64.3 cm³/mol. The zero-order valence-electron chi connectivity index (χ0n) is 10.1. The van der Waals surface area contributed by atoms with E-state index in [2.05, 4.69) is 4.90 Å². The molecule has 1 heterocycles. The van der Waals surface area contributed by atoms with E-state index in [1.807, 2.05) is 30.3 Å². The van der Waals surface area contributed by atoms with Crippen LogP contribution in [0.15, 0.2) is 30.3 Å². The van der Waals surface area contributed by atoms with E-state index in [4.69, 9.17) is 0 Å². The summed E-state index contributed by atoms with van der Waals surface area (Å²) in [6, 6.07) is 9.99. The Bertz CT molecular complexity index is 389. The number of piperazine rings is 1. The van der Waals surface area contributed by atoms with Gasteiger partial charge in [-0.05, 0) is 5.56 Å². The van der Waals surface area contributed by atoms with Crippen LogP contribution < -0.4 is 0 Å². The first-order valence-corrected chi connectivity index (χ1v) is 6.00. The Balaban J connectivity index is 1.82. The number of hydrogen-bond acceptors (Lipinski definition) is 2. The maximum atomic E-state index is 12.3. The van der Waals surface area contributed by atoms with E-state index in [1.165, 1.54) is 10.5 Å². The van der Waals surface area contributed by atoms with Gasteiger partial charge in [0.25, 0.3) is 5.91 Å². The molecule has 1 aromatic rings. The quantitative estimate of drug-likeness (QED) is 0.818. The van der Waals surface area contributed by atoms with E-state index >= 15 is 0 Å². The highest BCUT2D eigenvalue weighted by molar-refractivity contribution is 5.79. The van der Waals surface area contributed by atoms with Gasteiger partial charge in [0, 0.05) is 32.7 Å². The molecule has 5 heteroatoms. The molecular formula is C13H16F2N2O. The van der Waals surface area contributed by atoms with E-state index in [-0.39, 0.29) is 0 Å². The van der Waals surface area contributed by atoms with Crippen LogP contribution in [0.25, 0.3) is 0 Å². The fourth-order valence-electron chi connectivity index (χ4n) is 2.11. The minimum absolute atomic E-state index is 0.385. The van der Waals surface area contributed by atoms with Gasteiger partial charge in [-0.15, -0.1) is 0 Å². The van der Waals surface area contributed by atoms with Gasteiger partial charge in [-0.3, -0.25) is 9.69 Å². The monoisotopic (exact) mass is 254 g/mol. The van der Waals surface area contributed by atoms with Crippen molar-refractivity contribution < 1.29 is 13.6 Å². The fourth-order valence-corrected chi connectivity index (χ4v) is 2.11. The lowest BCUT2D eigenvalue weighted by Crippen LogP contribution is -2.49. The fraction of sp³-hybridized carbons (Fsp3) is 0.462. The highest BCUT2D eigenvalue weighted by atomic mass is 19.3. The van der Waals surface area contributed by atoms with Gasteiger partial charge in [0.2, 0.25) is 0 Å². The van der Waals surface area contributed by atoms with Gasteiger partial charge in [0.05, 0.1) is 0 Å². The van der Waals surface area contributed by atoms with Crippen LogP contribution in [0.5, 0.6) is 0 Å². The molecule has 0 saturated carbocycles. The number of halogens is 2. The third-order valence-corrected chi connectivity index (χ3v) is 3.12. The van der Waals surface area contributed by atoms with Gasteiger partial charge < -0.3 is 4.90 Å². The Kier molecular flexibility index (Phi) is 4.25. The van der Waals surface area contributed by atoms with Gasteiger partial charge in [0.15, 0.2) is 0 Å². The molecule has 1 aliphatic heterocycles. The first-order chi connectivity index (χ1) is 8.66. The van der Waals surface area contributed by atoms with E-state index in [0.29, 0.717) is 26.2 Å². The average Bonchev–Trinajstić information content (AvgIpc) is 2.40. The molecule has 0 bridgehead atoms. The van der Waals surface area contributed by atoms with Crippen molar-refractivity contribution >= 4 is 5.91 Å². The number of carbonyl (C=O) groups excluding carboxylic acids is 1. The van der Waals surface area contributed by atoms with Gasteiger partial charge >= 0.3 is 6.43 Å². The minimum atomic E-state index is -2.88. The van der Waals surface area contributed by atoms with Gasteiger partial charge in [-0.1, -0.05) is 30.3 Å². The third kappa shape index (κ3) is 3.26. The number of benzene rings is 1. The summed E-state index contributed by atoms with van der Waals surface area (Å²) in [6.45, 7) is 2.87. The van der Waals surface area contributed by atoms with Crippen LogP contribution in [-0.2, 0) is 11.3 Å². The number of alkyl halides is 2. The summed E-state index contributed by atoms with van der Waals surface area (Å²) < 4.78 is 24.5. The predicted octanol–water partition coefficient (Wildman–Crippen LogP) is 1.60. The SMILES string of the molecule is O=C(C(F)F)N1CCN(Cc2ccccc2)CC1. The Labute approximate surface area is 105 Å². The summed E-state index contributed by atoms with van der Waals surface area (Å²) in [7, 11) is 0. The molecule has 0 spiro atoms. The zero-order valence-corrected chi connectivity index (χ0v) is 10.1. The molecule has 1 amide bonds. The summed E-state index contributed by atoms with van der Waals surface area (Å²) in [5.41, 5.74) is 1.20. The molecular weight excluding hydrogens is 238 g/mol. The van der Waals surface area contributed by atoms with Crippen LogP contribution in [0, 0.1) is 0 Å². The molecule has 0 unspecified atom stereocenters. The minimum Gasteiger partial charge on any atom is -0.335 e. The second kappa shape index (κ2) is 5.91. The van der Waals surface area contributed by atoms with Crippen LogP contribution in [0.3, 0.4) is 0 Å². The zero-order chi connectivity index (χ0) is 13.0. The van der Waals surface area contributed by atoms with Crippen molar-refractivity contribution in [3.63, 3.8) is 0 Å². The third-order valence-electron chi connectivity index (χ3n) is 3.12. The van der Waals surface area contributed by atoms with Crippen molar-refractivity contribution in [2.45, 2.75) is 13.0 Å². The van der Waals surface area contributed by atoms with E-state index in [9.17, 15) is 13.6 Å². The van der Waals surface area contributed by atoms with Crippen molar-refractivity contribution in [1.29, 1.82) is 0 Å². The van der Waals surface area contributed by atoms with Gasteiger partial charge in [0.1, 0.15) is 0 Å².